The normalized spacial score (nSPS) is 16.3. The molecule has 0 bridgehead atoms. The van der Waals surface area contributed by atoms with Gasteiger partial charge >= 0.3 is 0 Å². The van der Waals surface area contributed by atoms with Gasteiger partial charge in [0.2, 0.25) is 0 Å². The van der Waals surface area contributed by atoms with Crippen molar-refractivity contribution < 1.29 is 4.39 Å². The number of halogens is 2. The zero-order chi connectivity index (χ0) is 14.1. The Morgan fingerprint density at radius 3 is 2.75 bits per heavy atom. The highest BCUT2D eigenvalue weighted by atomic mass is 79.9. The number of aromatic amines is 1. The van der Waals surface area contributed by atoms with Gasteiger partial charge in [-0.15, -0.1) is 0 Å². The van der Waals surface area contributed by atoms with Crippen molar-refractivity contribution in [3.63, 3.8) is 0 Å². The van der Waals surface area contributed by atoms with E-state index in [4.69, 9.17) is 12.2 Å². The predicted octanol–water partition coefficient (Wildman–Crippen LogP) is 4.09. The lowest BCUT2D eigenvalue weighted by Gasteiger charge is -2.14. The highest BCUT2D eigenvalue weighted by molar-refractivity contribution is 9.10. The van der Waals surface area contributed by atoms with Crippen molar-refractivity contribution in [1.82, 2.24) is 14.5 Å². The standard InChI is InChI=1S/C14H17BrFN3S/c15-10-8-12-13(9-11(10)16)19(14(20)17-12)7-3-6-18-4-1-2-5-18/h8-9H,1-7H2,(H,17,20). The van der Waals surface area contributed by atoms with Crippen molar-refractivity contribution in [1.29, 1.82) is 0 Å². The van der Waals surface area contributed by atoms with Gasteiger partial charge in [0.05, 0.1) is 15.5 Å². The van der Waals surface area contributed by atoms with Crippen LogP contribution in [-0.4, -0.2) is 34.1 Å². The van der Waals surface area contributed by atoms with Crippen LogP contribution in [0, 0.1) is 10.6 Å². The molecule has 0 aliphatic carbocycles. The number of fused-ring (bicyclic) bond motifs is 1. The van der Waals surface area contributed by atoms with E-state index in [0.29, 0.717) is 9.24 Å². The number of rotatable bonds is 4. The maximum Gasteiger partial charge on any atom is 0.178 e. The molecular weight excluding hydrogens is 341 g/mol. The maximum atomic E-state index is 13.7. The van der Waals surface area contributed by atoms with Gasteiger partial charge in [-0.3, -0.25) is 0 Å². The number of aromatic nitrogens is 2. The topological polar surface area (TPSA) is 24.0 Å². The molecule has 0 amide bonds. The third kappa shape index (κ3) is 2.82. The van der Waals surface area contributed by atoms with E-state index in [2.05, 4.69) is 25.8 Å². The molecule has 2 heterocycles. The van der Waals surface area contributed by atoms with Gasteiger partial charge in [0.1, 0.15) is 5.82 Å². The molecule has 1 aliphatic heterocycles. The minimum absolute atomic E-state index is 0.250. The Balaban J connectivity index is 1.78. The Morgan fingerprint density at radius 2 is 2.00 bits per heavy atom. The summed E-state index contributed by atoms with van der Waals surface area (Å²) in [6, 6.07) is 3.29. The first-order valence-corrected chi connectivity index (χ1v) is 8.15. The number of nitrogens with zero attached hydrogens (tertiary/aromatic N) is 2. The van der Waals surface area contributed by atoms with Gasteiger partial charge in [0.15, 0.2) is 4.77 Å². The Kier molecular flexibility index (Phi) is 4.23. The van der Waals surface area contributed by atoms with Gasteiger partial charge in [-0.05, 0) is 73.1 Å². The van der Waals surface area contributed by atoms with Gasteiger partial charge in [-0.2, -0.15) is 0 Å². The van der Waals surface area contributed by atoms with Crippen LogP contribution in [0.3, 0.4) is 0 Å². The number of H-pyrrole nitrogens is 1. The Hall–Kier alpha value is -0.720. The molecule has 0 atom stereocenters. The molecule has 0 saturated carbocycles. The summed E-state index contributed by atoms with van der Waals surface area (Å²) in [5.74, 6) is -0.250. The molecule has 0 radical (unpaired) electrons. The van der Waals surface area contributed by atoms with E-state index in [1.165, 1.54) is 25.9 Å². The van der Waals surface area contributed by atoms with Crippen molar-refractivity contribution in [2.75, 3.05) is 19.6 Å². The highest BCUT2D eigenvalue weighted by Gasteiger charge is 2.12. The Morgan fingerprint density at radius 1 is 1.25 bits per heavy atom. The molecule has 1 saturated heterocycles. The predicted molar refractivity (Wildman–Crippen MR) is 85.1 cm³/mol. The van der Waals surface area contributed by atoms with Crippen LogP contribution >= 0.6 is 28.1 Å². The van der Waals surface area contributed by atoms with E-state index < -0.39 is 0 Å². The monoisotopic (exact) mass is 357 g/mol. The minimum Gasteiger partial charge on any atom is -0.331 e. The quantitative estimate of drug-likeness (QED) is 0.833. The second kappa shape index (κ2) is 5.95. The van der Waals surface area contributed by atoms with Crippen molar-refractivity contribution in [2.45, 2.75) is 25.8 Å². The van der Waals surface area contributed by atoms with Crippen LogP contribution in [0.15, 0.2) is 16.6 Å². The van der Waals surface area contributed by atoms with Gasteiger partial charge < -0.3 is 14.5 Å². The average molecular weight is 358 g/mol. The summed E-state index contributed by atoms with van der Waals surface area (Å²) in [6.45, 7) is 4.34. The van der Waals surface area contributed by atoms with Crippen LogP contribution in [0.25, 0.3) is 11.0 Å². The fourth-order valence-corrected chi connectivity index (χ4v) is 3.48. The zero-order valence-electron chi connectivity index (χ0n) is 11.2. The first-order valence-electron chi connectivity index (χ1n) is 6.95. The molecule has 3 nitrogen and oxygen atoms in total. The first kappa shape index (κ1) is 14.2. The number of imidazole rings is 1. The number of nitrogens with one attached hydrogen (secondary N) is 1. The van der Waals surface area contributed by atoms with Crippen molar-refractivity contribution >= 4 is 39.2 Å². The highest BCUT2D eigenvalue weighted by Crippen LogP contribution is 2.23. The number of likely N-dealkylation sites (tertiary alicyclic amines) is 1. The number of aryl methyl sites for hydroxylation is 1. The smallest absolute Gasteiger partial charge is 0.178 e. The summed E-state index contributed by atoms with van der Waals surface area (Å²) in [6.07, 6.45) is 3.66. The van der Waals surface area contributed by atoms with Gasteiger partial charge in [0, 0.05) is 12.6 Å². The Bertz CT molecular complexity index is 673. The number of benzene rings is 1. The molecule has 1 N–H and O–H groups in total. The third-order valence-electron chi connectivity index (χ3n) is 3.87. The molecule has 2 aromatic rings. The molecule has 3 rings (SSSR count). The SMILES string of the molecule is Fc1cc2c(cc1Br)[nH]c(=S)n2CCCN1CCCC1. The zero-order valence-corrected chi connectivity index (χ0v) is 13.6. The number of hydrogen-bond acceptors (Lipinski definition) is 2. The molecule has 20 heavy (non-hydrogen) atoms. The molecule has 1 aliphatic rings. The van der Waals surface area contributed by atoms with Crippen LogP contribution in [-0.2, 0) is 6.54 Å². The number of hydrogen-bond donors (Lipinski definition) is 1. The van der Waals surface area contributed by atoms with Gasteiger partial charge in [-0.25, -0.2) is 4.39 Å². The van der Waals surface area contributed by atoms with Crippen molar-refractivity contribution in [3.8, 4) is 0 Å². The molecule has 1 fully saturated rings. The summed E-state index contributed by atoms with van der Waals surface area (Å²) in [5.41, 5.74) is 1.72. The van der Waals surface area contributed by atoms with Crippen LogP contribution in [0.1, 0.15) is 19.3 Å². The molecule has 1 aromatic carbocycles. The second-order valence-corrected chi connectivity index (χ2v) is 6.51. The van der Waals surface area contributed by atoms with E-state index >= 15 is 0 Å². The maximum absolute atomic E-state index is 13.7. The van der Waals surface area contributed by atoms with Crippen LogP contribution < -0.4 is 0 Å². The fourth-order valence-electron chi connectivity index (χ4n) is 2.83. The lowest BCUT2D eigenvalue weighted by molar-refractivity contribution is 0.326. The molecule has 0 spiro atoms. The van der Waals surface area contributed by atoms with Crippen LogP contribution in [0.2, 0.25) is 0 Å². The van der Waals surface area contributed by atoms with Crippen LogP contribution in [0.5, 0.6) is 0 Å². The van der Waals surface area contributed by atoms with E-state index in [0.717, 1.165) is 30.5 Å². The lowest BCUT2D eigenvalue weighted by atomic mass is 10.3. The van der Waals surface area contributed by atoms with E-state index in [1.807, 2.05) is 4.57 Å². The largest absolute Gasteiger partial charge is 0.331 e. The second-order valence-electron chi connectivity index (χ2n) is 5.27. The average Bonchev–Trinajstić information content (AvgIpc) is 3.01. The third-order valence-corrected chi connectivity index (χ3v) is 4.80. The van der Waals surface area contributed by atoms with E-state index in [1.54, 1.807) is 12.1 Å². The molecule has 1 aromatic heterocycles. The van der Waals surface area contributed by atoms with E-state index in [9.17, 15) is 4.39 Å². The molecule has 6 heteroatoms. The van der Waals surface area contributed by atoms with Crippen molar-refractivity contribution in [2.24, 2.45) is 0 Å². The summed E-state index contributed by atoms with van der Waals surface area (Å²) in [5, 5.41) is 0. The van der Waals surface area contributed by atoms with Crippen molar-refractivity contribution in [3.05, 3.63) is 27.2 Å². The van der Waals surface area contributed by atoms with Crippen LogP contribution in [0.4, 0.5) is 4.39 Å². The van der Waals surface area contributed by atoms with E-state index in [-0.39, 0.29) is 5.82 Å². The fraction of sp³-hybridized carbons (Fsp3) is 0.500. The lowest BCUT2D eigenvalue weighted by Crippen LogP contribution is -2.21. The summed E-state index contributed by atoms with van der Waals surface area (Å²) >= 11 is 8.55. The summed E-state index contributed by atoms with van der Waals surface area (Å²) < 4.78 is 16.8. The molecule has 108 valence electrons. The molecule has 0 unspecified atom stereocenters. The van der Waals surface area contributed by atoms with Gasteiger partial charge in [0.25, 0.3) is 0 Å². The summed E-state index contributed by atoms with van der Waals surface area (Å²) in [4.78, 5) is 5.62. The minimum atomic E-state index is -0.250. The first-order chi connectivity index (χ1) is 9.65. The summed E-state index contributed by atoms with van der Waals surface area (Å²) in [7, 11) is 0. The molecular formula is C14H17BrFN3S. The Labute approximate surface area is 130 Å². The van der Waals surface area contributed by atoms with Gasteiger partial charge in [-0.1, -0.05) is 0 Å².